The molecule has 1 aliphatic rings. The molecule has 1 saturated heterocycles. The zero-order chi connectivity index (χ0) is 12.3. The highest BCUT2D eigenvalue weighted by molar-refractivity contribution is 7.10. The van der Waals surface area contributed by atoms with E-state index in [2.05, 4.69) is 41.2 Å². The zero-order valence-corrected chi connectivity index (χ0v) is 11.3. The first-order valence-electron chi connectivity index (χ1n) is 6.16. The topological polar surface area (TPSA) is 30.3 Å². The van der Waals surface area contributed by atoms with Crippen LogP contribution in [0, 0.1) is 18.3 Å². The van der Waals surface area contributed by atoms with Crippen LogP contribution in [0.1, 0.15) is 23.4 Å². The summed E-state index contributed by atoms with van der Waals surface area (Å²) >= 11 is 1.70. The maximum Gasteiger partial charge on any atom is 0.133 e. The predicted octanol–water partition coefficient (Wildman–Crippen LogP) is 2.26. The Morgan fingerprint density at radius 2 is 2.12 bits per heavy atom. The molecule has 1 aliphatic heterocycles. The van der Waals surface area contributed by atoms with Crippen molar-refractivity contribution in [3.05, 3.63) is 21.9 Å². The normalized spacial score (nSPS) is 20.1. The van der Waals surface area contributed by atoms with E-state index in [0.717, 1.165) is 32.7 Å². The molecule has 1 fully saturated rings. The van der Waals surface area contributed by atoms with E-state index in [9.17, 15) is 5.26 Å². The summed E-state index contributed by atoms with van der Waals surface area (Å²) in [6, 6.07) is 4.52. The van der Waals surface area contributed by atoms with Crippen molar-refractivity contribution in [1.29, 1.82) is 5.26 Å². The van der Waals surface area contributed by atoms with Crippen molar-refractivity contribution < 1.29 is 0 Å². The third-order valence-electron chi connectivity index (χ3n) is 3.49. The Morgan fingerprint density at radius 3 is 2.59 bits per heavy atom. The van der Waals surface area contributed by atoms with Crippen molar-refractivity contribution >= 4 is 11.3 Å². The number of piperazine rings is 1. The molecule has 0 spiro atoms. The molecule has 0 saturated carbocycles. The molecule has 0 amide bonds. The van der Waals surface area contributed by atoms with E-state index in [1.54, 1.807) is 11.3 Å². The van der Waals surface area contributed by atoms with Gasteiger partial charge in [-0.1, -0.05) is 6.92 Å². The van der Waals surface area contributed by atoms with E-state index in [4.69, 9.17) is 0 Å². The maximum absolute atomic E-state index is 9.40. The molecule has 92 valence electrons. The molecule has 1 atom stereocenters. The number of hydrogen-bond acceptors (Lipinski definition) is 4. The van der Waals surface area contributed by atoms with Gasteiger partial charge in [-0.3, -0.25) is 4.90 Å². The summed E-state index contributed by atoms with van der Waals surface area (Å²) < 4.78 is 0. The van der Waals surface area contributed by atoms with Gasteiger partial charge in [0.2, 0.25) is 0 Å². The van der Waals surface area contributed by atoms with Gasteiger partial charge in [0.15, 0.2) is 0 Å². The van der Waals surface area contributed by atoms with Crippen LogP contribution >= 0.6 is 11.3 Å². The van der Waals surface area contributed by atoms with Crippen molar-refractivity contribution in [2.24, 2.45) is 0 Å². The first-order chi connectivity index (χ1) is 8.26. The third-order valence-corrected chi connectivity index (χ3v) is 4.56. The fraction of sp³-hybridized carbons (Fsp3) is 0.615. The second-order valence-electron chi connectivity index (χ2n) is 4.47. The minimum atomic E-state index is -0.0472. The van der Waals surface area contributed by atoms with Crippen LogP contribution in [0.5, 0.6) is 0 Å². The number of likely N-dealkylation sites (N-methyl/N-ethyl adjacent to an activating group) is 1. The Hall–Kier alpha value is -0.890. The summed E-state index contributed by atoms with van der Waals surface area (Å²) in [6.45, 7) is 9.58. The minimum absolute atomic E-state index is 0.0472. The van der Waals surface area contributed by atoms with Crippen molar-refractivity contribution in [1.82, 2.24) is 9.80 Å². The summed E-state index contributed by atoms with van der Waals surface area (Å²) in [5, 5.41) is 11.5. The van der Waals surface area contributed by atoms with Gasteiger partial charge in [-0.25, -0.2) is 0 Å². The summed E-state index contributed by atoms with van der Waals surface area (Å²) in [5.41, 5.74) is 1.25. The fourth-order valence-corrected chi connectivity index (χ4v) is 3.31. The molecule has 0 radical (unpaired) electrons. The summed E-state index contributed by atoms with van der Waals surface area (Å²) in [6.07, 6.45) is 0. The van der Waals surface area contributed by atoms with E-state index < -0.39 is 0 Å². The summed E-state index contributed by atoms with van der Waals surface area (Å²) in [7, 11) is 0. The molecular weight excluding hydrogens is 230 g/mol. The quantitative estimate of drug-likeness (QED) is 0.823. The van der Waals surface area contributed by atoms with Crippen LogP contribution in [-0.2, 0) is 0 Å². The van der Waals surface area contributed by atoms with Crippen LogP contribution in [0.2, 0.25) is 0 Å². The molecular formula is C13H19N3S. The molecule has 0 N–H and O–H groups in total. The Kier molecular flexibility index (Phi) is 4.16. The van der Waals surface area contributed by atoms with Gasteiger partial charge in [-0.05, 0) is 30.5 Å². The Labute approximate surface area is 107 Å². The maximum atomic E-state index is 9.40. The van der Waals surface area contributed by atoms with Crippen LogP contribution in [0.25, 0.3) is 0 Å². The van der Waals surface area contributed by atoms with Crippen LogP contribution in [-0.4, -0.2) is 42.5 Å². The summed E-state index contributed by atoms with van der Waals surface area (Å²) in [5.74, 6) is 0. The van der Waals surface area contributed by atoms with Gasteiger partial charge in [0.05, 0.1) is 6.07 Å². The molecule has 0 aliphatic carbocycles. The second-order valence-corrected chi connectivity index (χ2v) is 5.42. The lowest BCUT2D eigenvalue weighted by Gasteiger charge is -2.36. The van der Waals surface area contributed by atoms with Gasteiger partial charge in [-0.2, -0.15) is 5.26 Å². The molecule has 17 heavy (non-hydrogen) atoms. The third kappa shape index (κ3) is 2.68. The number of thiophene rings is 1. The largest absolute Gasteiger partial charge is 0.301 e. The smallest absolute Gasteiger partial charge is 0.133 e. The van der Waals surface area contributed by atoms with Gasteiger partial charge in [0, 0.05) is 31.1 Å². The first-order valence-corrected chi connectivity index (χ1v) is 7.04. The molecule has 1 unspecified atom stereocenters. The molecule has 0 bridgehead atoms. The number of nitriles is 1. The van der Waals surface area contributed by atoms with Crippen molar-refractivity contribution in [3.8, 4) is 6.07 Å². The zero-order valence-electron chi connectivity index (χ0n) is 10.5. The van der Waals surface area contributed by atoms with Crippen molar-refractivity contribution in [2.45, 2.75) is 19.9 Å². The summed E-state index contributed by atoms with van der Waals surface area (Å²) in [4.78, 5) is 5.97. The van der Waals surface area contributed by atoms with E-state index in [1.165, 1.54) is 10.4 Å². The predicted molar refractivity (Wildman–Crippen MR) is 71.1 cm³/mol. The molecule has 1 aromatic heterocycles. The van der Waals surface area contributed by atoms with E-state index in [0.29, 0.717) is 0 Å². The lowest BCUT2D eigenvalue weighted by Crippen LogP contribution is -2.47. The van der Waals surface area contributed by atoms with Crippen LogP contribution in [0.3, 0.4) is 0 Å². The first kappa shape index (κ1) is 12.6. The van der Waals surface area contributed by atoms with Gasteiger partial charge >= 0.3 is 0 Å². The van der Waals surface area contributed by atoms with E-state index >= 15 is 0 Å². The van der Waals surface area contributed by atoms with Crippen LogP contribution < -0.4 is 0 Å². The van der Waals surface area contributed by atoms with Gasteiger partial charge < -0.3 is 4.90 Å². The Balaban J connectivity index is 2.06. The van der Waals surface area contributed by atoms with Gasteiger partial charge in [-0.15, -0.1) is 11.3 Å². The monoisotopic (exact) mass is 249 g/mol. The SMILES string of the molecule is CCN1CCN(C(C#N)c2sccc2C)CC1. The lowest BCUT2D eigenvalue weighted by molar-refractivity contribution is 0.119. The van der Waals surface area contributed by atoms with Crippen LogP contribution in [0.15, 0.2) is 11.4 Å². The van der Waals surface area contributed by atoms with Gasteiger partial charge in [0.1, 0.15) is 6.04 Å². The van der Waals surface area contributed by atoms with E-state index in [1.807, 2.05) is 0 Å². The molecule has 4 heteroatoms. The highest BCUT2D eigenvalue weighted by atomic mass is 32.1. The lowest BCUT2D eigenvalue weighted by atomic mass is 10.1. The average Bonchev–Trinajstić information content (AvgIpc) is 2.78. The molecule has 3 nitrogen and oxygen atoms in total. The highest BCUT2D eigenvalue weighted by Crippen LogP contribution is 2.28. The molecule has 1 aromatic rings. The average molecular weight is 249 g/mol. The fourth-order valence-electron chi connectivity index (χ4n) is 2.31. The number of rotatable bonds is 3. The molecule has 2 heterocycles. The molecule has 0 aromatic carbocycles. The Bertz CT molecular complexity index is 399. The minimum Gasteiger partial charge on any atom is -0.301 e. The van der Waals surface area contributed by atoms with E-state index in [-0.39, 0.29) is 6.04 Å². The number of hydrogen-bond donors (Lipinski definition) is 0. The van der Waals surface area contributed by atoms with Crippen LogP contribution in [0.4, 0.5) is 0 Å². The van der Waals surface area contributed by atoms with Crippen molar-refractivity contribution in [3.63, 3.8) is 0 Å². The number of nitrogens with zero attached hydrogens (tertiary/aromatic N) is 3. The second kappa shape index (κ2) is 5.63. The van der Waals surface area contributed by atoms with Gasteiger partial charge in [0.25, 0.3) is 0 Å². The standard InChI is InChI=1S/C13H19N3S/c1-3-15-5-7-16(8-6-15)12(10-14)13-11(2)4-9-17-13/h4,9,12H,3,5-8H2,1-2H3. The number of aryl methyl sites for hydroxylation is 1. The Morgan fingerprint density at radius 1 is 1.41 bits per heavy atom. The molecule has 2 rings (SSSR count). The van der Waals surface area contributed by atoms with Crippen molar-refractivity contribution in [2.75, 3.05) is 32.7 Å². The highest BCUT2D eigenvalue weighted by Gasteiger charge is 2.25.